The van der Waals surface area contributed by atoms with E-state index in [1.807, 2.05) is 29.2 Å². The number of likely N-dealkylation sites (tertiary alicyclic amines) is 1. The molecule has 3 heterocycles. The molecule has 1 atom stereocenters. The van der Waals surface area contributed by atoms with E-state index in [9.17, 15) is 4.79 Å². The van der Waals surface area contributed by atoms with Crippen molar-refractivity contribution in [3.8, 4) is 0 Å². The number of carbonyl (C=O) groups is 1. The molecule has 5 rings (SSSR count). The second kappa shape index (κ2) is 6.11. The third-order valence-electron chi connectivity index (χ3n) is 4.80. The van der Waals surface area contributed by atoms with Gasteiger partial charge in [0.1, 0.15) is 10.6 Å². The standard InChI is InChI=1S/C20H15ClN2O2S/c21-13-7-8-16-12(10-13)11-17(25-16)20(24)23-9-3-5-15(23)19-22-14-4-1-2-6-18(14)26-19/h1-2,4,6-8,10-11,15H,3,5,9H2/t15-/m0/s1. The molecule has 130 valence electrons. The van der Waals surface area contributed by atoms with Crippen LogP contribution < -0.4 is 0 Å². The number of rotatable bonds is 2. The summed E-state index contributed by atoms with van der Waals surface area (Å²) in [5.74, 6) is 0.273. The predicted octanol–water partition coefficient (Wildman–Crippen LogP) is 5.67. The lowest BCUT2D eigenvalue weighted by Gasteiger charge is -2.21. The number of thiazole rings is 1. The van der Waals surface area contributed by atoms with Crippen LogP contribution in [-0.4, -0.2) is 22.3 Å². The van der Waals surface area contributed by atoms with Gasteiger partial charge in [-0.05, 0) is 49.2 Å². The van der Waals surface area contributed by atoms with E-state index in [1.54, 1.807) is 29.5 Å². The molecule has 0 aliphatic carbocycles. The molecule has 1 aliphatic heterocycles. The van der Waals surface area contributed by atoms with Gasteiger partial charge in [0.05, 0.1) is 16.3 Å². The van der Waals surface area contributed by atoms with Crippen LogP contribution in [0.5, 0.6) is 0 Å². The summed E-state index contributed by atoms with van der Waals surface area (Å²) in [6, 6.07) is 15.2. The highest BCUT2D eigenvalue weighted by Crippen LogP contribution is 2.37. The van der Waals surface area contributed by atoms with Gasteiger partial charge in [-0.2, -0.15) is 0 Å². The minimum Gasteiger partial charge on any atom is -0.451 e. The van der Waals surface area contributed by atoms with Gasteiger partial charge in [0.2, 0.25) is 0 Å². The maximum atomic E-state index is 13.1. The van der Waals surface area contributed by atoms with Crippen molar-refractivity contribution in [2.75, 3.05) is 6.54 Å². The van der Waals surface area contributed by atoms with Crippen LogP contribution >= 0.6 is 22.9 Å². The van der Waals surface area contributed by atoms with Gasteiger partial charge in [0.25, 0.3) is 5.91 Å². The molecule has 1 amide bonds. The number of aromatic nitrogens is 1. The largest absolute Gasteiger partial charge is 0.451 e. The maximum absolute atomic E-state index is 13.1. The predicted molar refractivity (Wildman–Crippen MR) is 104 cm³/mol. The third kappa shape index (κ3) is 2.59. The normalized spacial score (nSPS) is 17.4. The minimum absolute atomic E-state index is 0.0108. The fraction of sp³-hybridized carbons (Fsp3) is 0.200. The van der Waals surface area contributed by atoms with Gasteiger partial charge in [-0.3, -0.25) is 4.79 Å². The Morgan fingerprint density at radius 3 is 3.00 bits per heavy atom. The number of furan rings is 1. The van der Waals surface area contributed by atoms with Gasteiger partial charge < -0.3 is 9.32 Å². The van der Waals surface area contributed by atoms with Crippen LogP contribution in [0.2, 0.25) is 5.02 Å². The molecule has 0 saturated carbocycles. The van der Waals surface area contributed by atoms with Crippen LogP contribution in [0.25, 0.3) is 21.2 Å². The topological polar surface area (TPSA) is 46.3 Å². The quantitative estimate of drug-likeness (QED) is 0.448. The molecule has 1 saturated heterocycles. The fourth-order valence-electron chi connectivity index (χ4n) is 3.56. The van der Waals surface area contributed by atoms with Crippen molar-refractivity contribution in [3.05, 3.63) is 64.3 Å². The maximum Gasteiger partial charge on any atom is 0.290 e. The summed E-state index contributed by atoms with van der Waals surface area (Å²) in [6.07, 6.45) is 1.90. The molecule has 4 nitrogen and oxygen atoms in total. The number of carbonyl (C=O) groups excluding carboxylic acids is 1. The molecule has 1 aliphatic rings. The molecular formula is C20H15ClN2O2S. The van der Waals surface area contributed by atoms with E-state index in [0.29, 0.717) is 16.4 Å². The summed E-state index contributed by atoms with van der Waals surface area (Å²) in [7, 11) is 0. The third-order valence-corrected chi connectivity index (χ3v) is 6.17. The van der Waals surface area contributed by atoms with Gasteiger partial charge in [-0.1, -0.05) is 23.7 Å². The molecule has 0 unspecified atom stereocenters. The van der Waals surface area contributed by atoms with Gasteiger partial charge in [-0.25, -0.2) is 4.98 Å². The number of hydrogen-bond acceptors (Lipinski definition) is 4. The van der Waals surface area contributed by atoms with Crippen molar-refractivity contribution in [3.63, 3.8) is 0 Å². The molecule has 26 heavy (non-hydrogen) atoms. The van der Waals surface area contributed by atoms with Crippen molar-refractivity contribution in [2.24, 2.45) is 0 Å². The van der Waals surface area contributed by atoms with Crippen LogP contribution in [0.15, 0.2) is 52.9 Å². The first-order chi connectivity index (χ1) is 12.7. The SMILES string of the molecule is O=C(c1cc2cc(Cl)ccc2o1)N1CCC[C@H]1c1nc2ccccc2s1. The van der Waals surface area contributed by atoms with Crippen molar-refractivity contribution in [1.82, 2.24) is 9.88 Å². The summed E-state index contributed by atoms with van der Waals surface area (Å²) in [5, 5.41) is 2.47. The van der Waals surface area contributed by atoms with E-state index in [2.05, 4.69) is 6.07 Å². The first-order valence-electron chi connectivity index (χ1n) is 8.54. The summed E-state index contributed by atoms with van der Waals surface area (Å²) in [4.78, 5) is 19.7. The Hall–Kier alpha value is -2.37. The Labute approximate surface area is 159 Å². The number of hydrogen-bond donors (Lipinski definition) is 0. The van der Waals surface area contributed by atoms with Crippen molar-refractivity contribution in [2.45, 2.75) is 18.9 Å². The van der Waals surface area contributed by atoms with Crippen molar-refractivity contribution in [1.29, 1.82) is 0 Å². The molecule has 4 aromatic rings. The van der Waals surface area contributed by atoms with E-state index in [0.717, 1.165) is 40.0 Å². The number of fused-ring (bicyclic) bond motifs is 2. The number of nitrogens with zero attached hydrogens (tertiary/aromatic N) is 2. The Morgan fingerprint density at radius 2 is 2.12 bits per heavy atom. The first-order valence-corrected chi connectivity index (χ1v) is 9.74. The molecular weight excluding hydrogens is 368 g/mol. The van der Waals surface area contributed by atoms with Gasteiger partial charge in [0, 0.05) is 17.0 Å². The molecule has 0 bridgehead atoms. The number of amides is 1. The highest BCUT2D eigenvalue weighted by atomic mass is 35.5. The Kier molecular flexibility index (Phi) is 3.72. The van der Waals surface area contributed by atoms with Gasteiger partial charge in [0.15, 0.2) is 5.76 Å². The lowest BCUT2D eigenvalue weighted by molar-refractivity contribution is 0.0705. The zero-order valence-electron chi connectivity index (χ0n) is 13.8. The van der Waals surface area contributed by atoms with E-state index in [-0.39, 0.29) is 11.9 Å². The lowest BCUT2D eigenvalue weighted by Crippen LogP contribution is -2.30. The molecule has 2 aromatic carbocycles. The van der Waals surface area contributed by atoms with Crippen LogP contribution in [0.1, 0.15) is 34.4 Å². The van der Waals surface area contributed by atoms with E-state index in [4.69, 9.17) is 21.0 Å². The molecule has 1 fully saturated rings. The Bertz CT molecular complexity index is 1100. The Balaban J connectivity index is 1.49. The number of para-hydroxylation sites is 1. The number of benzene rings is 2. The molecule has 0 radical (unpaired) electrons. The smallest absolute Gasteiger partial charge is 0.290 e. The summed E-state index contributed by atoms with van der Waals surface area (Å²) >= 11 is 7.70. The highest BCUT2D eigenvalue weighted by molar-refractivity contribution is 7.18. The average Bonchev–Trinajstić information content (AvgIpc) is 3.36. The monoisotopic (exact) mass is 382 g/mol. The highest BCUT2D eigenvalue weighted by Gasteiger charge is 2.34. The van der Waals surface area contributed by atoms with E-state index >= 15 is 0 Å². The molecule has 6 heteroatoms. The first kappa shape index (κ1) is 15.9. The van der Waals surface area contributed by atoms with Gasteiger partial charge >= 0.3 is 0 Å². The van der Waals surface area contributed by atoms with Crippen LogP contribution in [0.3, 0.4) is 0 Å². The van der Waals surface area contributed by atoms with Crippen LogP contribution in [0, 0.1) is 0 Å². The van der Waals surface area contributed by atoms with E-state index in [1.165, 1.54) is 0 Å². The van der Waals surface area contributed by atoms with E-state index < -0.39 is 0 Å². The zero-order chi connectivity index (χ0) is 17.7. The number of halogens is 1. The summed E-state index contributed by atoms with van der Waals surface area (Å²) in [5.41, 5.74) is 1.67. The minimum atomic E-state index is -0.0842. The summed E-state index contributed by atoms with van der Waals surface area (Å²) < 4.78 is 6.93. The average molecular weight is 383 g/mol. The summed E-state index contributed by atoms with van der Waals surface area (Å²) in [6.45, 7) is 0.719. The Morgan fingerprint density at radius 1 is 1.23 bits per heavy atom. The second-order valence-electron chi connectivity index (χ2n) is 6.47. The molecule has 2 aromatic heterocycles. The lowest BCUT2D eigenvalue weighted by atomic mass is 10.2. The van der Waals surface area contributed by atoms with Crippen molar-refractivity contribution < 1.29 is 9.21 Å². The molecule has 0 spiro atoms. The second-order valence-corrected chi connectivity index (χ2v) is 7.97. The zero-order valence-corrected chi connectivity index (χ0v) is 15.4. The van der Waals surface area contributed by atoms with Crippen LogP contribution in [0.4, 0.5) is 0 Å². The fourth-order valence-corrected chi connectivity index (χ4v) is 4.86. The molecule has 0 N–H and O–H groups in total. The van der Waals surface area contributed by atoms with Gasteiger partial charge in [-0.15, -0.1) is 11.3 Å². The van der Waals surface area contributed by atoms with Crippen molar-refractivity contribution >= 4 is 50.0 Å². The van der Waals surface area contributed by atoms with Crippen LogP contribution in [-0.2, 0) is 0 Å².